The molecule has 0 heterocycles. The summed E-state index contributed by atoms with van der Waals surface area (Å²) in [6.45, 7) is 1.36. The lowest BCUT2D eigenvalue weighted by molar-refractivity contribution is -0.140. The molecule has 0 aliphatic heterocycles. The fourth-order valence-corrected chi connectivity index (χ4v) is 5.90. The second kappa shape index (κ2) is 13.9. The molecular formula is C32H31F2N3O4S. The van der Waals surface area contributed by atoms with E-state index in [2.05, 4.69) is 5.32 Å². The first kappa shape index (κ1) is 30.4. The summed E-state index contributed by atoms with van der Waals surface area (Å²) in [6, 6.07) is 26.1. The molecule has 4 rings (SSSR count). The van der Waals surface area contributed by atoms with Gasteiger partial charge < -0.3 is 10.2 Å². The van der Waals surface area contributed by atoms with Crippen LogP contribution in [0.5, 0.6) is 0 Å². The number of rotatable bonds is 12. The summed E-state index contributed by atoms with van der Waals surface area (Å²) < 4.78 is 55.9. The van der Waals surface area contributed by atoms with Gasteiger partial charge in [-0.1, -0.05) is 60.7 Å². The molecule has 0 fully saturated rings. The minimum absolute atomic E-state index is 0.0764. The average molecular weight is 592 g/mol. The van der Waals surface area contributed by atoms with Crippen LogP contribution in [0.25, 0.3) is 0 Å². The van der Waals surface area contributed by atoms with E-state index in [9.17, 15) is 26.8 Å². The van der Waals surface area contributed by atoms with Gasteiger partial charge in [-0.2, -0.15) is 0 Å². The summed E-state index contributed by atoms with van der Waals surface area (Å²) in [6.07, 6.45) is 0.162. The van der Waals surface area contributed by atoms with Crippen LogP contribution in [0.3, 0.4) is 0 Å². The molecule has 10 heteroatoms. The third-order valence-corrected chi connectivity index (χ3v) is 8.40. The Morgan fingerprint density at radius 3 is 1.88 bits per heavy atom. The third-order valence-electron chi connectivity index (χ3n) is 6.61. The number of benzene rings is 4. The highest BCUT2D eigenvalue weighted by Gasteiger charge is 2.34. The van der Waals surface area contributed by atoms with Gasteiger partial charge in [-0.3, -0.25) is 13.9 Å². The molecule has 0 aliphatic rings. The molecule has 4 aromatic rings. The molecular weight excluding hydrogens is 560 g/mol. The Morgan fingerprint density at radius 1 is 0.762 bits per heavy atom. The van der Waals surface area contributed by atoms with Crippen molar-refractivity contribution in [3.8, 4) is 0 Å². The second-order valence-electron chi connectivity index (χ2n) is 9.55. The van der Waals surface area contributed by atoms with Crippen LogP contribution in [-0.4, -0.2) is 44.3 Å². The number of amides is 2. The topological polar surface area (TPSA) is 86.8 Å². The van der Waals surface area contributed by atoms with Crippen molar-refractivity contribution in [1.29, 1.82) is 0 Å². The molecule has 0 unspecified atom stereocenters. The zero-order valence-corrected chi connectivity index (χ0v) is 23.8. The first-order valence-electron chi connectivity index (χ1n) is 13.4. The number of likely N-dealkylation sites (N-methyl/N-ethyl adjacent to an activating group) is 1. The molecule has 4 aromatic carbocycles. The number of nitrogens with one attached hydrogen (secondary N) is 1. The van der Waals surface area contributed by atoms with Gasteiger partial charge in [-0.05, 0) is 66.6 Å². The molecule has 7 nitrogen and oxygen atoms in total. The minimum Gasteiger partial charge on any atom is -0.355 e. The van der Waals surface area contributed by atoms with E-state index in [1.807, 2.05) is 30.3 Å². The van der Waals surface area contributed by atoms with E-state index >= 15 is 0 Å². The summed E-state index contributed by atoms with van der Waals surface area (Å²) in [5, 5.41) is 2.78. The van der Waals surface area contributed by atoms with Crippen molar-refractivity contribution in [2.45, 2.75) is 30.8 Å². The molecule has 1 N–H and O–H groups in total. The molecule has 0 spiro atoms. The molecule has 1 atom stereocenters. The number of hydrogen-bond acceptors (Lipinski definition) is 4. The second-order valence-corrected chi connectivity index (χ2v) is 11.4. The molecule has 0 radical (unpaired) electrons. The van der Waals surface area contributed by atoms with Gasteiger partial charge in [-0.15, -0.1) is 0 Å². The zero-order chi connectivity index (χ0) is 30.1. The Balaban J connectivity index is 1.77. The number of sulfonamides is 1. The highest BCUT2D eigenvalue weighted by atomic mass is 32.2. The summed E-state index contributed by atoms with van der Waals surface area (Å²) in [7, 11) is -4.32. The van der Waals surface area contributed by atoms with Crippen LogP contribution in [0.1, 0.15) is 18.1 Å². The van der Waals surface area contributed by atoms with E-state index < -0.39 is 46.1 Å². The van der Waals surface area contributed by atoms with Gasteiger partial charge in [0.2, 0.25) is 11.8 Å². The molecule has 0 aromatic heterocycles. The largest absolute Gasteiger partial charge is 0.355 e. The number of anilines is 1. The standard InChI is InChI=1S/C32H31F2N3O4S/c1-2-35-32(39)30(21-24-9-5-3-6-10-24)36(22-25-13-15-26(33)16-14-25)31(38)23-37(28-11-7-4-8-12-28)42(40,41)29-19-17-27(34)18-20-29/h3-20,30H,2,21-23H2,1H3,(H,35,39)/t30-/m0/s1. The molecule has 218 valence electrons. The molecule has 0 saturated carbocycles. The van der Waals surface area contributed by atoms with Gasteiger partial charge in [0.15, 0.2) is 0 Å². The van der Waals surface area contributed by atoms with Gasteiger partial charge >= 0.3 is 0 Å². The molecule has 42 heavy (non-hydrogen) atoms. The van der Waals surface area contributed by atoms with Crippen LogP contribution in [0.15, 0.2) is 114 Å². The van der Waals surface area contributed by atoms with Gasteiger partial charge in [0.05, 0.1) is 10.6 Å². The highest BCUT2D eigenvalue weighted by molar-refractivity contribution is 7.92. The van der Waals surface area contributed by atoms with Crippen LogP contribution >= 0.6 is 0 Å². The zero-order valence-electron chi connectivity index (χ0n) is 23.0. The predicted octanol–water partition coefficient (Wildman–Crippen LogP) is 4.94. The van der Waals surface area contributed by atoms with Crippen LogP contribution in [-0.2, 0) is 32.6 Å². The number of para-hydroxylation sites is 1. The minimum atomic E-state index is -4.32. The van der Waals surface area contributed by atoms with Gasteiger partial charge in [0.25, 0.3) is 10.0 Å². The van der Waals surface area contributed by atoms with Crippen molar-refractivity contribution in [2.24, 2.45) is 0 Å². The van der Waals surface area contributed by atoms with Crippen LogP contribution in [0, 0.1) is 11.6 Å². The lowest BCUT2D eigenvalue weighted by atomic mass is 10.0. The van der Waals surface area contributed by atoms with Crippen LogP contribution < -0.4 is 9.62 Å². The Labute approximate surface area is 244 Å². The predicted molar refractivity (Wildman–Crippen MR) is 157 cm³/mol. The van der Waals surface area contributed by atoms with Gasteiger partial charge in [0.1, 0.15) is 24.2 Å². The maximum atomic E-state index is 14.2. The fourth-order valence-electron chi connectivity index (χ4n) is 4.49. The normalized spacial score (nSPS) is 11.9. The Morgan fingerprint density at radius 2 is 1.31 bits per heavy atom. The van der Waals surface area contributed by atoms with E-state index in [0.29, 0.717) is 12.1 Å². The molecule has 0 saturated heterocycles. The average Bonchev–Trinajstić information content (AvgIpc) is 2.99. The Hall–Kier alpha value is -4.57. The summed E-state index contributed by atoms with van der Waals surface area (Å²) >= 11 is 0. The van der Waals surface area contributed by atoms with Crippen molar-refractivity contribution in [3.63, 3.8) is 0 Å². The first-order chi connectivity index (χ1) is 20.2. The summed E-state index contributed by atoms with van der Waals surface area (Å²) in [5.74, 6) is -2.13. The van der Waals surface area contributed by atoms with Crippen molar-refractivity contribution < 1.29 is 26.8 Å². The van der Waals surface area contributed by atoms with Crippen LogP contribution in [0.2, 0.25) is 0 Å². The smallest absolute Gasteiger partial charge is 0.264 e. The maximum absolute atomic E-state index is 14.2. The van der Waals surface area contributed by atoms with Crippen molar-refractivity contribution in [2.75, 3.05) is 17.4 Å². The number of nitrogens with zero attached hydrogens (tertiary/aromatic N) is 2. The number of hydrogen-bond donors (Lipinski definition) is 1. The van der Waals surface area contributed by atoms with E-state index in [-0.39, 0.29) is 23.5 Å². The van der Waals surface area contributed by atoms with Crippen molar-refractivity contribution >= 4 is 27.5 Å². The highest BCUT2D eigenvalue weighted by Crippen LogP contribution is 2.25. The fraction of sp³-hybridized carbons (Fsp3) is 0.188. The molecule has 2 amide bonds. The Bertz CT molecular complexity index is 1580. The van der Waals surface area contributed by atoms with E-state index in [1.165, 1.54) is 29.2 Å². The SMILES string of the molecule is CCNC(=O)[C@H](Cc1ccccc1)N(Cc1ccc(F)cc1)C(=O)CN(c1ccccc1)S(=O)(=O)c1ccc(F)cc1. The van der Waals surface area contributed by atoms with E-state index in [4.69, 9.17) is 0 Å². The number of halogens is 2. The Kier molecular flexibility index (Phi) is 10.0. The van der Waals surface area contributed by atoms with Crippen molar-refractivity contribution in [3.05, 3.63) is 132 Å². The van der Waals surface area contributed by atoms with E-state index in [0.717, 1.165) is 34.1 Å². The first-order valence-corrected chi connectivity index (χ1v) is 14.8. The van der Waals surface area contributed by atoms with Crippen molar-refractivity contribution in [1.82, 2.24) is 10.2 Å². The molecule has 0 bridgehead atoms. The van der Waals surface area contributed by atoms with Crippen LogP contribution in [0.4, 0.5) is 14.5 Å². The number of carbonyl (C=O) groups is 2. The lowest BCUT2D eigenvalue weighted by Crippen LogP contribution is -2.53. The maximum Gasteiger partial charge on any atom is 0.264 e. The summed E-state index contributed by atoms with van der Waals surface area (Å²) in [5.41, 5.74) is 1.57. The number of carbonyl (C=O) groups excluding carboxylic acids is 2. The monoisotopic (exact) mass is 591 g/mol. The van der Waals surface area contributed by atoms with E-state index in [1.54, 1.807) is 37.3 Å². The third kappa shape index (κ3) is 7.58. The molecule has 0 aliphatic carbocycles. The van der Waals surface area contributed by atoms with Gasteiger partial charge in [-0.25, -0.2) is 17.2 Å². The quantitative estimate of drug-likeness (QED) is 0.253. The summed E-state index contributed by atoms with van der Waals surface area (Å²) in [4.78, 5) is 28.7. The van der Waals surface area contributed by atoms with Gasteiger partial charge in [0, 0.05) is 19.5 Å². The lowest BCUT2D eigenvalue weighted by Gasteiger charge is -2.33.